The molecule has 1 unspecified atom stereocenters. The second-order valence-electron chi connectivity index (χ2n) is 7.84. The summed E-state index contributed by atoms with van der Waals surface area (Å²) in [5.41, 5.74) is 4.60. The first-order valence-corrected chi connectivity index (χ1v) is 10.9. The van der Waals surface area contributed by atoms with Crippen molar-refractivity contribution >= 4 is 34.1 Å². The Labute approximate surface area is 190 Å². The maximum absolute atomic E-state index is 13.0. The predicted molar refractivity (Wildman–Crippen MR) is 127 cm³/mol. The molecule has 0 aliphatic heterocycles. The quantitative estimate of drug-likeness (QED) is 0.397. The van der Waals surface area contributed by atoms with Crippen LogP contribution in [0, 0.1) is 0 Å². The third kappa shape index (κ3) is 4.36. The van der Waals surface area contributed by atoms with Crippen LogP contribution < -0.4 is 10.6 Å². The molecule has 0 saturated carbocycles. The van der Waals surface area contributed by atoms with Gasteiger partial charge in [0.1, 0.15) is 0 Å². The molecule has 2 aromatic heterocycles. The molecule has 0 spiro atoms. The van der Waals surface area contributed by atoms with Gasteiger partial charge in [-0.25, -0.2) is 4.98 Å². The smallest absolute Gasteiger partial charge is 0.251 e. The zero-order valence-corrected chi connectivity index (χ0v) is 18.1. The van der Waals surface area contributed by atoms with Crippen molar-refractivity contribution in [2.75, 3.05) is 5.32 Å². The first kappa shape index (κ1) is 20.6. The van der Waals surface area contributed by atoms with Gasteiger partial charge in [-0.05, 0) is 59.2 Å². The van der Waals surface area contributed by atoms with Crippen molar-refractivity contribution in [2.24, 2.45) is 0 Å². The van der Waals surface area contributed by atoms with E-state index in [1.165, 1.54) is 5.56 Å². The largest absolute Gasteiger partial charge is 0.349 e. The van der Waals surface area contributed by atoms with E-state index in [9.17, 15) is 4.79 Å². The average molecular weight is 438 g/mol. The number of para-hydroxylation sites is 2. The van der Waals surface area contributed by atoms with Gasteiger partial charge >= 0.3 is 0 Å². The van der Waals surface area contributed by atoms with Crippen LogP contribution in [0.4, 0.5) is 11.5 Å². The van der Waals surface area contributed by atoms with E-state index >= 15 is 0 Å². The van der Waals surface area contributed by atoms with Gasteiger partial charge in [0.05, 0.1) is 11.0 Å². The van der Waals surface area contributed by atoms with Crippen LogP contribution in [0.2, 0.25) is 0 Å². The number of carbonyl (C=O) groups is 1. The van der Waals surface area contributed by atoms with Gasteiger partial charge in [0, 0.05) is 17.3 Å². The van der Waals surface area contributed by atoms with Gasteiger partial charge in [0.25, 0.3) is 5.91 Å². The summed E-state index contributed by atoms with van der Waals surface area (Å²) in [6.07, 6.45) is 1.64. The molecule has 5 aromatic rings. The lowest BCUT2D eigenvalue weighted by Gasteiger charge is -2.17. The molecule has 0 radical (unpaired) electrons. The van der Waals surface area contributed by atoms with Crippen molar-refractivity contribution in [3.05, 3.63) is 90.0 Å². The summed E-state index contributed by atoms with van der Waals surface area (Å²) >= 11 is 0. The van der Waals surface area contributed by atoms with Crippen LogP contribution in [0.3, 0.4) is 0 Å². The molecule has 8 nitrogen and oxygen atoms in total. The number of rotatable bonds is 7. The number of amides is 1. The third-order valence-electron chi connectivity index (χ3n) is 5.56. The molecule has 3 aromatic carbocycles. The van der Waals surface area contributed by atoms with E-state index in [0.717, 1.165) is 29.6 Å². The Morgan fingerprint density at radius 3 is 2.67 bits per heavy atom. The first-order chi connectivity index (χ1) is 16.2. The van der Waals surface area contributed by atoms with Crippen LogP contribution in [0.15, 0.2) is 78.9 Å². The minimum atomic E-state index is -0.109. The van der Waals surface area contributed by atoms with E-state index in [4.69, 9.17) is 0 Å². The van der Waals surface area contributed by atoms with Gasteiger partial charge in [-0.3, -0.25) is 4.79 Å². The highest BCUT2D eigenvalue weighted by atomic mass is 16.1. The maximum atomic E-state index is 13.0. The number of hydrogen-bond donors (Lipinski definition) is 2. The number of anilines is 2. The predicted octanol–water partition coefficient (Wildman–Crippen LogP) is 4.17. The molecular weight excluding hydrogens is 414 g/mol. The van der Waals surface area contributed by atoms with Gasteiger partial charge < -0.3 is 10.6 Å². The van der Waals surface area contributed by atoms with E-state index in [1.54, 1.807) is 10.6 Å². The fraction of sp³-hybridized carbons (Fsp3) is 0.160. The molecule has 0 aliphatic rings. The van der Waals surface area contributed by atoms with Crippen LogP contribution >= 0.6 is 0 Å². The summed E-state index contributed by atoms with van der Waals surface area (Å²) < 4.78 is 1.65. The zero-order chi connectivity index (χ0) is 22.6. The molecule has 8 heteroatoms. The van der Waals surface area contributed by atoms with Crippen LogP contribution in [0.25, 0.3) is 16.7 Å². The Hall–Kier alpha value is -4.33. The second kappa shape index (κ2) is 9.04. The summed E-state index contributed by atoms with van der Waals surface area (Å²) in [6, 6.07) is 25.2. The first-order valence-electron chi connectivity index (χ1n) is 10.9. The van der Waals surface area contributed by atoms with E-state index in [1.807, 2.05) is 60.7 Å². The summed E-state index contributed by atoms with van der Waals surface area (Å²) in [4.78, 5) is 17.6. The summed E-state index contributed by atoms with van der Waals surface area (Å²) in [6.45, 7) is 2.08. The molecule has 33 heavy (non-hydrogen) atoms. The fourth-order valence-corrected chi connectivity index (χ4v) is 3.83. The van der Waals surface area contributed by atoms with E-state index in [0.29, 0.717) is 17.0 Å². The van der Waals surface area contributed by atoms with Gasteiger partial charge in [-0.1, -0.05) is 55.5 Å². The second-order valence-corrected chi connectivity index (χ2v) is 7.84. The molecule has 1 amide bonds. The topological polar surface area (TPSA) is 97.1 Å². The Balaban J connectivity index is 1.37. The van der Waals surface area contributed by atoms with Crippen molar-refractivity contribution in [1.29, 1.82) is 0 Å². The lowest BCUT2D eigenvalue weighted by Crippen LogP contribution is -2.36. The molecule has 2 heterocycles. The minimum absolute atomic E-state index is 0.0559. The minimum Gasteiger partial charge on any atom is -0.349 e. The van der Waals surface area contributed by atoms with E-state index in [2.05, 4.69) is 50.2 Å². The van der Waals surface area contributed by atoms with E-state index in [-0.39, 0.29) is 11.9 Å². The normalized spacial score (nSPS) is 12.0. The summed E-state index contributed by atoms with van der Waals surface area (Å²) in [5.74, 6) is 0.411. The number of tetrazole rings is 1. The summed E-state index contributed by atoms with van der Waals surface area (Å²) in [5, 5.41) is 18.4. The van der Waals surface area contributed by atoms with Crippen LogP contribution in [-0.2, 0) is 6.42 Å². The molecule has 1 atom stereocenters. The Kier molecular flexibility index (Phi) is 5.63. The molecule has 5 rings (SSSR count). The molecule has 0 saturated heterocycles. The number of carbonyl (C=O) groups excluding carboxylic acids is 1. The Morgan fingerprint density at radius 2 is 1.82 bits per heavy atom. The van der Waals surface area contributed by atoms with Crippen molar-refractivity contribution in [1.82, 2.24) is 30.3 Å². The molecule has 164 valence electrons. The number of fused-ring (bicyclic) bond motifs is 3. The van der Waals surface area contributed by atoms with Crippen LogP contribution in [-0.4, -0.2) is 37.0 Å². The maximum Gasteiger partial charge on any atom is 0.251 e. The Bertz CT molecular complexity index is 1410. The average Bonchev–Trinajstić information content (AvgIpc) is 3.35. The lowest BCUT2D eigenvalue weighted by molar-refractivity contribution is 0.0936. The van der Waals surface area contributed by atoms with Crippen molar-refractivity contribution in [2.45, 2.75) is 25.8 Å². The van der Waals surface area contributed by atoms with Crippen LogP contribution in [0.1, 0.15) is 29.3 Å². The highest BCUT2D eigenvalue weighted by Gasteiger charge is 2.15. The van der Waals surface area contributed by atoms with Crippen molar-refractivity contribution < 1.29 is 4.79 Å². The highest BCUT2D eigenvalue weighted by molar-refractivity contribution is 5.95. The van der Waals surface area contributed by atoms with Crippen molar-refractivity contribution in [3.8, 4) is 0 Å². The highest BCUT2D eigenvalue weighted by Crippen LogP contribution is 2.23. The van der Waals surface area contributed by atoms with E-state index < -0.39 is 0 Å². The molecular formula is C25H23N7O. The number of nitrogens with zero attached hydrogens (tertiary/aromatic N) is 5. The molecule has 0 bridgehead atoms. The number of benzene rings is 3. The van der Waals surface area contributed by atoms with Crippen LogP contribution in [0.5, 0.6) is 0 Å². The van der Waals surface area contributed by atoms with Crippen molar-refractivity contribution in [3.63, 3.8) is 0 Å². The van der Waals surface area contributed by atoms with Gasteiger partial charge in [-0.2, -0.15) is 4.52 Å². The third-order valence-corrected chi connectivity index (χ3v) is 5.56. The number of hydrogen-bond acceptors (Lipinski definition) is 6. The SMILES string of the molecule is CCC(Cc1ccccc1)NC(=O)c1cccc(Nc2nc3ccccc3n3nnnc23)c1. The lowest BCUT2D eigenvalue weighted by atomic mass is 10.0. The standard InChI is InChI=1S/C25H23N7O/c1-2-19(15-17-9-4-3-5-10-17)27-25(33)18-11-8-12-20(16-18)26-23-24-29-30-31-32(24)22-14-7-6-13-21(22)28-23/h3-14,16,19H,2,15H2,1H3,(H,26,28)(H,27,33). The summed E-state index contributed by atoms with van der Waals surface area (Å²) in [7, 11) is 0. The zero-order valence-electron chi connectivity index (χ0n) is 18.1. The van der Waals surface area contributed by atoms with Gasteiger partial charge in [0.15, 0.2) is 5.82 Å². The molecule has 0 fully saturated rings. The molecule has 0 aliphatic carbocycles. The monoisotopic (exact) mass is 437 g/mol. The number of nitrogens with one attached hydrogen (secondary N) is 2. The fourth-order valence-electron chi connectivity index (χ4n) is 3.83. The number of aromatic nitrogens is 5. The van der Waals surface area contributed by atoms with Gasteiger partial charge in [0.2, 0.25) is 5.65 Å². The van der Waals surface area contributed by atoms with Gasteiger partial charge in [-0.15, -0.1) is 5.10 Å². The molecule has 2 N–H and O–H groups in total. The Morgan fingerprint density at radius 1 is 1.00 bits per heavy atom.